The molecule has 3 rings (SSSR count). The van der Waals surface area contributed by atoms with E-state index in [1.165, 1.54) is 15.6 Å². The van der Waals surface area contributed by atoms with Crippen LogP contribution in [0.2, 0.25) is 5.02 Å². The largest absolute Gasteiger partial charge is 0.354 e. The van der Waals surface area contributed by atoms with E-state index in [-0.39, 0.29) is 18.4 Å². The van der Waals surface area contributed by atoms with E-state index in [1.54, 1.807) is 12.1 Å². The Balaban J connectivity index is 1.61. The summed E-state index contributed by atoms with van der Waals surface area (Å²) < 4.78 is 27.1. The van der Waals surface area contributed by atoms with Gasteiger partial charge in [-0.05, 0) is 50.7 Å². The summed E-state index contributed by atoms with van der Waals surface area (Å²) in [6, 6.07) is 10.9. The lowest BCUT2D eigenvalue weighted by Crippen LogP contribution is -2.35. The van der Waals surface area contributed by atoms with Crippen molar-refractivity contribution in [3.8, 4) is 0 Å². The fourth-order valence-electron chi connectivity index (χ4n) is 3.39. The van der Waals surface area contributed by atoms with Crippen LogP contribution in [0.25, 0.3) is 0 Å². The minimum absolute atomic E-state index is 0.0536. The van der Waals surface area contributed by atoms with Crippen LogP contribution in [0.1, 0.15) is 29.3 Å². The molecule has 0 aliphatic carbocycles. The molecule has 1 aromatic carbocycles. The Bertz CT molecular complexity index is 953. The highest BCUT2D eigenvalue weighted by molar-refractivity contribution is 7.91. The number of carbonyl (C=O) groups excluding carboxylic acids is 1. The summed E-state index contributed by atoms with van der Waals surface area (Å²) >= 11 is 7.48. The molecule has 158 valence electrons. The van der Waals surface area contributed by atoms with Gasteiger partial charge in [-0.3, -0.25) is 4.79 Å². The second kappa shape index (κ2) is 9.57. The molecule has 29 heavy (non-hydrogen) atoms. The number of likely N-dealkylation sites (N-methyl/N-ethyl adjacent to an activating group) is 1. The molecular weight excluding hydrogens is 430 g/mol. The molecule has 1 amide bonds. The molecule has 1 fully saturated rings. The predicted molar refractivity (Wildman–Crippen MR) is 117 cm³/mol. The van der Waals surface area contributed by atoms with Crippen molar-refractivity contribution in [3.05, 3.63) is 51.9 Å². The van der Waals surface area contributed by atoms with Crippen molar-refractivity contribution in [1.29, 1.82) is 0 Å². The number of hydrogen-bond acceptors (Lipinski definition) is 5. The molecule has 0 bridgehead atoms. The molecule has 2 aromatic rings. The van der Waals surface area contributed by atoms with Gasteiger partial charge in [0.25, 0.3) is 10.0 Å². The first-order valence-corrected chi connectivity index (χ1v) is 12.2. The highest BCUT2D eigenvalue weighted by Gasteiger charge is 2.28. The first-order chi connectivity index (χ1) is 13.8. The lowest BCUT2D eigenvalue weighted by atomic mass is 10.1. The molecule has 1 aliphatic heterocycles. The number of hydrogen-bond donors (Lipinski definition) is 1. The van der Waals surface area contributed by atoms with Gasteiger partial charge >= 0.3 is 0 Å². The molecule has 0 saturated carbocycles. The molecule has 0 radical (unpaired) electrons. The predicted octanol–water partition coefficient (Wildman–Crippen LogP) is 3.15. The third-order valence-electron chi connectivity index (χ3n) is 5.01. The Morgan fingerprint density at radius 2 is 1.90 bits per heavy atom. The second-order valence-electron chi connectivity index (χ2n) is 7.31. The Kier molecular flexibility index (Phi) is 7.34. The normalized spacial score (nSPS) is 16.3. The van der Waals surface area contributed by atoms with Gasteiger partial charge in [-0.15, -0.1) is 11.3 Å². The number of rotatable bonds is 8. The molecule has 2 heterocycles. The third kappa shape index (κ3) is 5.38. The van der Waals surface area contributed by atoms with Crippen LogP contribution >= 0.6 is 22.9 Å². The maximum Gasteiger partial charge on any atom is 0.252 e. The molecule has 1 saturated heterocycles. The number of halogens is 1. The van der Waals surface area contributed by atoms with E-state index in [2.05, 4.69) is 5.32 Å². The number of thiophene rings is 1. The molecule has 1 N–H and O–H groups in total. The van der Waals surface area contributed by atoms with Crippen molar-refractivity contribution in [2.24, 2.45) is 0 Å². The van der Waals surface area contributed by atoms with E-state index >= 15 is 0 Å². The monoisotopic (exact) mass is 455 g/mol. The van der Waals surface area contributed by atoms with Crippen molar-refractivity contribution < 1.29 is 13.2 Å². The summed E-state index contributed by atoms with van der Waals surface area (Å²) in [5, 5.41) is 3.61. The Morgan fingerprint density at radius 1 is 1.21 bits per heavy atom. The van der Waals surface area contributed by atoms with Crippen LogP contribution in [0.15, 0.2) is 40.6 Å². The average Bonchev–Trinajstić information content (AvgIpc) is 3.35. The first kappa shape index (κ1) is 22.2. The average molecular weight is 456 g/mol. The van der Waals surface area contributed by atoms with E-state index in [9.17, 15) is 13.2 Å². The SMILES string of the molecule is CN(C)C(CNC(=O)Cc1ccc(S(=O)(=O)N2CCCC2)s1)c1ccccc1Cl. The highest BCUT2D eigenvalue weighted by atomic mass is 35.5. The Morgan fingerprint density at radius 3 is 2.55 bits per heavy atom. The maximum atomic E-state index is 12.6. The lowest BCUT2D eigenvalue weighted by Gasteiger charge is -2.26. The van der Waals surface area contributed by atoms with Crippen LogP contribution in [0.4, 0.5) is 0 Å². The number of sulfonamides is 1. The van der Waals surface area contributed by atoms with Crippen molar-refractivity contribution in [2.75, 3.05) is 33.7 Å². The highest BCUT2D eigenvalue weighted by Crippen LogP contribution is 2.28. The zero-order chi connectivity index (χ0) is 21.0. The zero-order valence-electron chi connectivity index (χ0n) is 16.6. The second-order valence-corrected chi connectivity index (χ2v) is 11.1. The van der Waals surface area contributed by atoms with Crippen LogP contribution in [-0.4, -0.2) is 57.3 Å². The summed E-state index contributed by atoms with van der Waals surface area (Å²) in [7, 11) is 0.446. The fourth-order valence-corrected chi connectivity index (χ4v) is 6.68. The van der Waals surface area contributed by atoms with Gasteiger partial charge in [0.05, 0.1) is 12.5 Å². The molecular formula is C20H26ClN3O3S2. The summed E-state index contributed by atoms with van der Waals surface area (Å²) in [5.74, 6) is -0.143. The topological polar surface area (TPSA) is 69.7 Å². The van der Waals surface area contributed by atoms with E-state index < -0.39 is 10.0 Å². The van der Waals surface area contributed by atoms with E-state index in [0.717, 1.165) is 23.3 Å². The number of benzene rings is 1. The van der Waals surface area contributed by atoms with Gasteiger partial charge < -0.3 is 10.2 Å². The van der Waals surface area contributed by atoms with Crippen molar-refractivity contribution in [2.45, 2.75) is 29.5 Å². The van der Waals surface area contributed by atoms with E-state index in [4.69, 9.17) is 11.6 Å². The van der Waals surface area contributed by atoms with Gasteiger partial charge in [0.2, 0.25) is 5.91 Å². The van der Waals surface area contributed by atoms with Gasteiger partial charge in [-0.25, -0.2) is 8.42 Å². The molecule has 1 unspecified atom stereocenters. The molecule has 9 heteroatoms. The first-order valence-electron chi connectivity index (χ1n) is 9.55. The van der Waals surface area contributed by atoms with Crippen LogP contribution in [0.5, 0.6) is 0 Å². The fraction of sp³-hybridized carbons (Fsp3) is 0.450. The van der Waals surface area contributed by atoms with Crippen molar-refractivity contribution in [1.82, 2.24) is 14.5 Å². The summed E-state index contributed by atoms with van der Waals surface area (Å²) in [6.07, 6.45) is 1.96. The number of nitrogens with zero attached hydrogens (tertiary/aromatic N) is 2. The summed E-state index contributed by atoms with van der Waals surface area (Å²) in [4.78, 5) is 15.2. The molecule has 6 nitrogen and oxygen atoms in total. The Labute approximate surface area is 181 Å². The molecule has 1 aromatic heterocycles. The minimum atomic E-state index is -3.43. The molecule has 1 atom stereocenters. The van der Waals surface area contributed by atoms with Gasteiger partial charge in [0, 0.05) is 29.5 Å². The lowest BCUT2D eigenvalue weighted by molar-refractivity contribution is -0.120. The summed E-state index contributed by atoms with van der Waals surface area (Å²) in [6.45, 7) is 1.56. The quantitative estimate of drug-likeness (QED) is 0.663. The zero-order valence-corrected chi connectivity index (χ0v) is 19.0. The van der Waals surface area contributed by atoms with E-state index in [1.807, 2.05) is 43.3 Å². The van der Waals surface area contributed by atoms with E-state index in [0.29, 0.717) is 28.9 Å². The third-order valence-corrected chi connectivity index (χ3v) is 8.81. The number of amides is 1. The number of carbonyl (C=O) groups is 1. The van der Waals surface area contributed by atoms with Gasteiger partial charge in [0.15, 0.2) is 0 Å². The van der Waals surface area contributed by atoms with Crippen LogP contribution < -0.4 is 5.32 Å². The van der Waals surface area contributed by atoms with Gasteiger partial charge in [0.1, 0.15) is 4.21 Å². The van der Waals surface area contributed by atoms with Crippen LogP contribution in [0.3, 0.4) is 0 Å². The van der Waals surface area contributed by atoms with Crippen LogP contribution in [0, 0.1) is 0 Å². The van der Waals surface area contributed by atoms with Gasteiger partial charge in [-0.1, -0.05) is 29.8 Å². The van der Waals surface area contributed by atoms with Crippen molar-refractivity contribution in [3.63, 3.8) is 0 Å². The standard InChI is InChI=1S/C20H26ClN3O3S2/c1-23(2)18(16-7-3-4-8-17(16)21)14-22-19(25)13-15-9-10-20(28-15)29(26,27)24-11-5-6-12-24/h3-4,7-10,18H,5-6,11-14H2,1-2H3,(H,22,25). The smallest absolute Gasteiger partial charge is 0.252 e. The van der Waals surface area contributed by atoms with Crippen molar-refractivity contribution >= 4 is 38.9 Å². The summed E-state index contributed by atoms with van der Waals surface area (Å²) in [5.41, 5.74) is 0.953. The Hall–Kier alpha value is -1.45. The maximum absolute atomic E-state index is 12.6. The van der Waals surface area contributed by atoms with Gasteiger partial charge in [-0.2, -0.15) is 4.31 Å². The molecule has 0 spiro atoms. The molecule has 1 aliphatic rings. The minimum Gasteiger partial charge on any atom is -0.354 e. The van der Waals surface area contributed by atoms with Crippen LogP contribution in [-0.2, 0) is 21.2 Å². The number of nitrogens with one attached hydrogen (secondary N) is 1.